The Morgan fingerprint density at radius 1 is 0.849 bits per heavy atom. The predicted octanol–water partition coefficient (Wildman–Crippen LogP) is 4.00. The van der Waals surface area contributed by atoms with E-state index in [0.717, 1.165) is 11.8 Å². The second kappa shape index (κ2) is 17.7. The summed E-state index contributed by atoms with van der Waals surface area (Å²) in [4.78, 5) is 59.8. The molecule has 1 heterocycles. The van der Waals surface area contributed by atoms with Crippen LogP contribution in [0, 0.1) is 12.3 Å². The van der Waals surface area contributed by atoms with Crippen LogP contribution in [0.4, 0.5) is 17.1 Å². The molecule has 0 aliphatic rings. The van der Waals surface area contributed by atoms with Crippen molar-refractivity contribution in [2.24, 2.45) is 11.1 Å². The van der Waals surface area contributed by atoms with E-state index in [2.05, 4.69) is 26.3 Å². The molecule has 4 rings (SSSR count). The number of amides is 3. The number of anilines is 3. The number of aromatic carboxylic acids is 1. The van der Waals surface area contributed by atoms with Crippen molar-refractivity contribution in [3.05, 3.63) is 76.1 Å². The average molecular weight is 756 g/mol. The monoisotopic (exact) mass is 755 g/mol. The summed E-state index contributed by atoms with van der Waals surface area (Å²) in [5, 5.41) is 45.1. The molecule has 0 radical (unpaired) electrons. The number of phenols is 2. The van der Waals surface area contributed by atoms with Crippen LogP contribution < -0.4 is 31.2 Å². The van der Waals surface area contributed by atoms with E-state index in [-0.39, 0.29) is 58.3 Å². The fourth-order valence-electron chi connectivity index (χ4n) is 4.28. The molecule has 0 saturated heterocycles. The molecule has 1 aromatic heterocycles. The molecule has 18 nitrogen and oxygen atoms in total. The zero-order chi connectivity index (χ0) is 39.6. The van der Waals surface area contributed by atoms with Crippen molar-refractivity contribution >= 4 is 58.3 Å². The van der Waals surface area contributed by atoms with Gasteiger partial charge in [0.1, 0.15) is 5.56 Å². The third kappa shape index (κ3) is 10.6. The molecule has 4 aromatic rings. The van der Waals surface area contributed by atoms with E-state index in [0.29, 0.717) is 5.69 Å². The number of carbonyl (C=O) groups excluding carboxylic acids is 4. The summed E-state index contributed by atoms with van der Waals surface area (Å²) in [6.07, 6.45) is 1.72. The van der Waals surface area contributed by atoms with E-state index >= 15 is 0 Å². The number of ether oxygens (including phenoxy) is 3. The number of hydrogen-bond donors (Lipinski definition) is 7. The Balaban J connectivity index is 0.000000452. The summed E-state index contributed by atoms with van der Waals surface area (Å²) in [7, 11) is 2.38. The Morgan fingerprint density at radius 2 is 1.38 bits per heavy atom. The minimum absolute atomic E-state index is 0.00849. The lowest BCUT2D eigenvalue weighted by atomic mass is 9.98. The summed E-state index contributed by atoms with van der Waals surface area (Å²) < 4.78 is 16.7. The fraction of sp³-hybridized carbons (Fsp3) is 0.265. The van der Waals surface area contributed by atoms with E-state index in [1.54, 1.807) is 6.20 Å². The quantitative estimate of drug-likeness (QED) is 0.107. The van der Waals surface area contributed by atoms with Gasteiger partial charge in [-0.1, -0.05) is 16.8 Å². The molecule has 8 N–H and O–H groups in total. The summed E-state index contributed by atoms with van der Waals surface area (Å²) in [5.41, 5.74) is 5.19. The maximum atomic E-state index is 12.9. The standard InChI is InChI=1S/C25H23ClN4O9.C9H15N3O2/c1-38-21-16(29-23(34)12-4-3-11(9-15(12)26)28-18(31)10-27)7-5-13(19(21)32)24(35)30-17-8-6-14(25(36)37)20(33)22(17)39-2;1-7-5-12(11-10-7)6-14-8(13)9(2,3)4/h3-9,32-33H,10,27H2,1-2H3,(H,28,31)(H,29,34)(H,30,35)(H,36,37);5H,6H2,1-4H3. The number of phenolic OH excluding ortho intramolecular Hbond substituents is 1. The topological polar surface area (TPSA) is 267 Å². The molecule has 0 atom stereocenters. The number of carbonyl (C=O) groups is 5. The Morgan fingerprint density at radius 3 is 1.85 bits per heavy atom. The Labute approximate surface area is 307 Å². The third-order valence-electron chi connectivity index (χ3n) is 6.92. The number of rotatable bonds is 11. The van der Waals surface area contributed by atoms with Gasteiger partial charge in [0.25, 0.3) is 11.8 Å². The number of benzene rings is 3. The minimum Gasteiger partial charge on any atom is -0.504 e. The molecular formula is C34H38ClN7O11. The summed E-state index contributed by atoms with van der Waals surface area (Å²) >= 11 is 6.19. The van der Waals surface area contributed by atoms with E-state index in [9.17, 15) is 34.2 Å². The normalized spacial score (nSPS) is 10.6. The number of aryl methyl sites for hydroxylation is 1. The molecule has 53 heavy (non-hydrogen) atoms. The first-order valence-electron chi connectivity index (χ1n) is 15.4. The Bertz CT molecular complexity index is 2030. The number of esters is 1. The van der Waals surface area contributed by atoms with Crippen molar-refractivity contribution in [3.8, 4) is 23.0 Å². The van der Waals surface area contributed by atoms with E-state index in [1.807, 2.05) is 27.7 Å². The van der Waals surface area contributed by atoms with Crippen LogP contribution in [-0.2, 0) is 21.1 Å². The van der Waals surface area contributed by atoms with Gasteiger partial charge in [-0.3, -0.25) is 19.2 Å². The predicted molar refractivity (Wildman–Crippen MR) is 192 cm³/mol. The first-order chi connectivity index (χ1) is 24.9. The second-order valence-corrected chi connectivity index (χ2v) is 12.4. The lowest BCUT2D eigenvalue weighted by molar-refractivity contribution is -0.157. The van der Waals surface area contributed by atoms with Gasteiger partial charge in [0, 0.05) is 5.69 Å². The molecular weight excluding hydrogens is 718 g/mol. The highest BCUT2D eigenvalue weighted by Crippen LogP contribution is 2.40. The smallest absolute Gasteiger partial charge is 0.339 e. The zero-order valence-corrected chi connectivity index (χ0v) is 30.2. The van der Waals surface area contributed by atoms with Crippen LogP contribution in [0.3, 0.4) is 0 Å². The number of carboxylic acids is 1. The van der Waals surface area contributed by atoms with Crippen molar-refractivity contribution in [1.29, 1.82) is 0 Å². The highest BCUT2D eigenvalue weighted by atomic mass is 35.5. The molecule has 0 unspecified atom stereocenters. The largest absolute Gasteiger partial charge is 0.504 e. The molecule has 0 spiro atoms. The van der Waals surface area contributed by atoms with Crippen LogP contribution >= 0.6 is 11.6 Å². The SMILES string of the molecule is COc1c(NC(=O)c2ccc(NC(=O)c3ccc(NC(=O)CN)cc3Cl)c(OC)c2O)ccc(C(=O)O)c1O.Cc1cn(COC(=O)C(C)(C)C)nn1. The van der Waals surface area contributed by atoms with Crippen molar-refractivity contribution in [3.63, 3.8) is 0 Å². The molecule has 282 valence electrons. The van der Waals surface area contributed by atoms with Crippen LogP contribution in [0.2, 0.25) is 5.02 Å². The van der Waals surface area contributed by atoms with Gasteiger partial charge >= 0.3 is 11.9 Å². The first kappa shape index (κ1) is 41.0. The fourth-order valence-corrected chi connectivity index (χ4v) is 4.54. The zero-order valence-electron chi connectivity index (χ0n) is 29.4. The van der Waals surface area contributed by atoms with Crippen LogP contribution in [-0.4, -0.2) is 80.7 Å². The lowest BCUT2D eigenvalue weighted by Gasteiger charge is -2.16. The van der Waals surface area contributed by atoms with E-state index in [1.165, 1.54) is 55.3 Å². The number of nitrogens with zero attached hydrogens (tertiary/aromatic N) is 3. The number of carboxylic acid groups (broad SMARTS) is 1. The molecule has 3 amide bonds. The van der Waals surface area contributed by atoms with Crippen LogP contribution in [0.25, 0.3) is 0 Å². The molecule has 0 aliphatic carbocycles. The van der Waals surface area contributed by atoms with Crippen molar-refractivity contribution in [2.45, 2.75) is 34.4 Å². The highest BCUT2D eigenvalue weighted by Gasteiger charge is 2.25. The molecule has 0 bridgehead atoms. The van der Waals surface area contributed by atoms with Gasteiger partial charge in [0.2, 0.25) is 5.91 Å². The van der Waals surface area contributed by atoms with E-state index < -0.39 is 46.2 Å². The lowest BCUT2D eigenvalue weighted by Crippen LogP contribution is -2.24. The third-order valence-corrected chi connectivity index (χ3v) is 7.23. The maximum absolute atomic E-state index is 12.9. The maximum Gasteiger partial charge on any atom is 0.339 e. The van der Waals surface area contributed by atoms with Gasteiger partial charge < -0.3 is 51.2 Å². The number of aromatic nitrogens is 3. The number of nitrogens with one attached hydrogen (secondary N) is 3. The van der Waals surface area contributed by atoms with E-state index in [4.69, 9.17) is 36.7 Å². The Kier molecular flexibility index (Phi) is 13.7. The number of hydrogen-bond acceptors (Lipinski definition) is 13. The van der Waals surface area contributed by atoms with Gasteiger partial charge in [0.15, 0.2) is 29.7 Å². The number of methoxy groups -OCH3 is 2. The molecule has 0 aliphatic heterocycles. The van der Waals surface area contributed by atoms with Gasteiger partial charge in [-0.2, -0.15) is 0 Å². The first-order valence-corrected chi connectivity index (χ1v) is 15.8. The summed E-state index contributed by atoms with van der Waals surface area (Å²) in [6.45, 7) is 7.14. The average Bonchev–Trinajstić information content (AvgIpc) is 3.51. The summed E-state index contributed by atoms with van der Waals surface area (Å²) in [5.74, 6) is -5.49. The van der Waals surface area contributed by atoms with Gasteiger partial charge in [-0.25, -0.2) is 9.48 Å². The summed E-state index contributed by atoms with van der Waals surface area (Å²) in [6, 6.07) is 8.96. The van der Waals surface area contributed by atoms with Crippen molar-refractivity contribution in [2.75, 3.05) is 36.7 Å². The Hall–Kier alpha value is -6.40. The van der Waals surface area contributed by atoms with Gasteiger partial charge in [-0.05, 0) is 70.2 Å². The highest BCUT2D eigenvalue weighted by molar-refractivity contribution is 6.34. The minimum atomic E-state index is -1.40. The molecule has 19 heteroatoms. The molecule has 0 fully saturated rings. The van der Waals surface area contributed by atoms with Crippen molar-refractivity contribution < 1.29 is 53.5 Å². The second-order valence-electron chi connectivity index (χ2n) is 12.0. The van der Waals surface area contributed by atoms with Gasteiger partial charge in [-0.15, -0.1) is 5.10 Å². The number of halogens is 1. The molecule has 0 saturated carbocycles. The van der Waals surface area contributed by atoms with Gasteiger partial charge in [0.05, 0.1) is 65.6 Å². The molecule has 3 aromatic carbocycles. The number of nitrogens with two attached hydrogens (primary N) is 1. The number of aromatic hydroxyl groups is 2. The van der Waals surface area contributed by atoms with Crippen LogP contribution in [0.5, 0.6) is 23.0 Å². The van der Waals surface area contributed by atoms with Crippen molar-refractivity contribution in [1.82, 2.24) is 15.0 Å². The van der Waals surface area contributed by atoms with Crippen LogP contribution in [0.15, 0.2) is 48.7 Å². The van der Waals surface area contributed by atoms with Crippen LogP contribution in [0.1, 0.15) is 57.5 Å².